The van der Waals surface area contributed by atoms with Crippen molar-refractivity contribution in [3.05, 3.63) is 35.9 Å². The third kappa shape index (κ3) is 3.77. The molecule has 2 amide bonds. The van der Waals surface area contributed by atoms with Crippen LogP contribution in [-0.2, 0) is 25.5 Å². The molecule has 112 valence electrons. The van der Waals surface area contributed by atoms with E-state index in [9.17, 15) is 14.4 Å². The Kier molecular flexibility index (Phi) is 4.51. The molecule has 5 N–H and O–H groups in total. The number of piperazine rings is 1. The minimum Gasteiger partial charge on any atom is -0.431 e. The van der Waals surface area contributed by atoms with E-state index >= 15 is 0 Å². The fraction of sp³-hybridized carbons (Fsp3) is 0.308. The number of carbonyl (C=O) groups excluding carboxylic acids is 3. The van der Waals surface area contributed by atoms with E-state index in [2.05, 4.69) is 5.32 Å². The average Bonchev–Trinajstić information content (AvgIpc) is 2.45. The lowest BCUT2D eigenvalue weighted by atomic mass is 10.1. The monoisotopic (exact) mass is 293 g/mol. The minimum absolute atomic E-state index is 0.241. The number of benzene rings is 1. The molecule has 21 heavy (non-hydrogen) atoms. The highest BCUT2D eigenvalue weighted by Gasteiger charge is 2.35. The quantitative estimate of drug-likeness (QED) is 0.474. The van der Waals surface area contributed by atoms with Gasteiger partial charge in [-0.25, -0.2) is 0 Å². The van der Waals surface area contributed by atoms with Gasteiger partial charge in [0, 0.05) is 0 Å². The summed E-state index contributed by atoms with van der Waals surface area (Å²) in [6.45, 7) is 0. The average molecular weight is 293 g/mol. The summed E-state index contributed by atoms with van der Waals surface area (Å²) < 4.78 is 4.84. The van der Waals surface area contributed by atoms with Crippen molar-refractivity contribution in [1.29, 1.82) is 0 Å². The van der Waals surface area contributed by atoms with Crippen molar-refractivity contribution in [2.45, 2.75) is 24.9 Å². The SMILES string of the molecule is NC(Cc1ccccc1)C(=O)OC1NC(=O)C(O)NC1=O. The fourth-order valence-corrected chi connectivity index (χ4v) is 1.79. The van der Waals surface area contributed by atoms with Crippen LogP contribution in [0.4, 0.5) is 0 Å². The largest absolute Gasteiger partial charge is 0.431 e. The molecule has 3 atom stereocenters. The van der Waals surface area contributed by atoms with Gasteiger partial charge in [0.05, 0.1) is 0 Å². The summed E-state index contributed by atoms with van der Waals surface area (Å²) in [6.07, 6.45) is -2.90. The van der Waals surface area contributed by atoms with E-state index in [0.717, 1.165) is 5.56 Å². The number of aliphatic hydroxyl groups excluding tert-OH is 1. The van der Waals surface area contributed by atoms with Gasteiger partial charge < -0.3 is 26.2 Å². The maximum atomic E-state index is 11.8. The lowest BCUT2D eigenvalue weighted by Gasteiger charge is -2.26. The van der Waals surface area contributed by atoms with E-state index in [0.29, 0.717) is 0 Å². The molecule has 1 aliphatic heterocycles. The van der Waals surface area contributed by atoms with Gasteiger partial charge >= 0.3 is 5.97 Å². The maximum Gasteiger partial charge on any atom is 0.325 e. The smallest absolute Gasteiger partial charge is 0.325 e. The zero-order valence-electron chi connectivity index (χ0n) is 11.0. The molecule has 8 heteroatoms. The Balaban J connectivity index is 1.91. The van der Waals surface area contributed by atoms with Crippen LogP contribution in [-0.4, -0.2) is 41.4 Å². The Labute approximate surface area is 120 Å². The fourth-order valence-electron chi connectivity index (χ4n) is 1.79. The Morgan fingerprint density at radius 1 is 1.24 bits per heavy atom. The van der Waals surface area contributed by atoms with Crippen molar-refractivity contribution in [3.63, 3.8) is 0 Å². The highest BCUT2D eigenvalue weighted by molar-refractivity contribution is 5.96. The first-order chi connectivity index (χ1) is 9.97. The molecule has 1 aliphatic rings. The van der Waals surface area contributed by atoms with Crippen molar-refractivity contribution in [1.82, 2.24) is 10.6 Å². The van der Waals surface area contributed by atoms with E-state index in [4.69, 9.17) is 15.6 Å². The van der Waals surface area contributed by atoms with Crippen LogP contribution in [0.15, 0.2) is 30.3 Å². The van der Waals surface area contributed by atoms with Crippen molar-refractivity contribution in [3.8, 4) is 0 Å². The van der Waals surface area contributed by atoms with Crippen LogP contribution in [0.3, 0.4) is 0 Å². The van der Waals surface area contributed by atoms with Crippen LogP contribution < -0.4 is 16.4 Å². The third-order valence-corrected chi connectivity index (χ3v) is 2.87. The van der Waals surface area contributed by atoms with Crippen LogP contribution in [0.25, 0.3) is 0 Å². The van der Waals surface area contributed by atoms with Crippen LogP contribution in [0, 0.1) is 0 Å². The molecular formula is C13H15N3O5. The number of nitrogens with one attached hydrogen (secondary N) is 2. The molecule has 0 bridgehead atoms. The highest BCUT2D eigenvalue weighted by Crippen LogP contribution is 2.05. The number of amides is 2. The molecule has 0 aromatic heterocycles. The van der Waals surface area contributed by atoms with Crippen molar-refractivity contribution >= 4 is 17.8 Å². The molecular weight excluding hydrogens is 278 g/mol. The summed E-state index contributed by atoms with van der Waals surface area (Å²) in [5.74, 6) is -2.50. The first-order valence-corrected chi connectivity index (χ1v) is 6.26. The molecule has 0 radical (unpaired) electrons. The van der Waals surface area contributed by atoms with Crippen LogP contribution in [0.2, 0.25) is 0 Å². The predicted octanol–water partition coefficient (Wildman–Crippen LogP) is -2.01. The molecule has 2 rings (SSSR count). The molecule has 0 spiro atoms. The second-order valence-corrected chi connectivity index (χ2v) is 4.53. The summed E-state index contributed by atoms with van der Waals surface area (Å²) in [6, 6.07) is 8.09. The van der Waals surface area contributed by atoms with Gasteiger partial charge in [-0.15, -0.1) is 0 Å². The first-order valence-electron chi connectivity index (χ1n) is 6.26. The van der Waals surface area contributed by atoms with Crippen LogP contribution >= 0.6 is 0 Å². The summed E-state index contributed by atoms with van der Waals surface area (Å²) in [5, 5.41) is 13.1. The normalized spacial score (nSPS) is 23.0. The molecule has 1 saturated heterocycles. The van der Waals surface area contributed by atoms with E-state index < -0.39 is 36.3 Å². The van der Waals surface area contributed by atoms with Crippen molar-refractivity contribution in [2.75, 3.05) is 0 Å². The Bertz CT molecular complexity index is 548. The maximum absolute atomic E-state index is 11.8. The van der Waals surface area contributed by atoms with Crippen molar-refractivity contribution in [2.24, 2.45) is 5.73 Å². The number of hydrogen-bond acceptors (Lipinski definition) is 6. The molecule has 0 saturated carbocycles. The third-order valence-electron chi connectivity index (χ3n) is 2.87. The van der Waals surface area contributed by atoms with Gasteiger partial charge in [0.15, 0.2) is 0 Å². The van der Waals surface area contributed by atoms with E-state index in [1.165, 1.54) is 0 Å². The number of rotatable bonds is 4. The van der Waals surface area contributed by atoms with E-state index in [-0.39, 0.29) is 6.42 Å². The van der Waals surface area contributed by atoms with E-state index in [1.807, 2.05) is 23.5 Å². The standard InChI is InChI=1S/C13H15N3O5/c14-8(6-7-4-2-1-3-5-7)13(20)21-12-11(19)15-9(17)10(18)16-12/h1-5,8-9,12,17H,6,14H2,(H,15,19)(H,16,18). The number of carbonyl (C=O) groups is 3. The van der Waals surface area contributed by atoms with Gasteiger partial charge in [-0.2, -0.15) is 0 Å². The molecule has 1 aromatic rings. The zero-order chi connectivity index (χ0) is 15.4. The Hall–Kier alpha value is -2.45. The molecule has 1 fully saturated rings. The second-order valence-electron chi connectivity index (χ2n) is 4.53. The van der Waals surface area contributed by atoms with Gasteiger partial charge in [0.2, 0.25) is 6.23 Å². The Morgan fingerprint density at radius 3 is 2.57 bits per heavy atom. The van der Waals surface area contributed by atoms with Gasteiger partial charge in [-0.05, 0) is 12.0 Å². The highest BCUT2D eigenvalue weighted by atomic mass is 16.6. The number of aliphatic hydroxyl groups is 1. The zero-order valence-corrected chi connectivity index (χ0v) is 11.0. The lowest BCUT2D eigenvalue weighted by molar-refractivity contribution is -0.167. The van der Waals surface area contributed by atoms with Gasteiger partial charge in [0.1, 0.15) is 6.04 Å². The molecule has 3 unspecified atom stereocenters. The molecule has 1 heterocycles. The molecule has 1 aromatic carbocycles. The van der Waals surface area contributed by atoms with E-state index in [1.54, 1.807) is 12.1 Å². The van der Waals surface area contributed by atoms with Crippen LogP contribution in [0.1, 0.15) is 5.56 Å². The molecule has 0 aliphatic carbocycles. The summed E-state index contributed by atoms with van der Waals surface area (Å²) in [7, 11) is 0. The summed E-state index contributed by atoms with van der Waals surface area (Å²) in [4.78, 5) is 34.5. The summed E-state index contributed by atoms with van der Waals surface area (Å²) >= 11 is 0. The van der Waals surface area contributed by atoms with Crippen LogP contribution in [0.5, 0.6) is 0 Å². The van der Waals surface area contributed by atoms with Gasteiger partial charge in [0.25, 0.3) is 18.0 Å². The van der Waals surface area contributed by atoms with Crippen molar-refractivity contribution < 1.29 is 24.2 Å². The number of ether oxygens (including phenoxy) is 1. The van der Waals surface area contributed by atoms with Gasteiger partial charge in [-0.3, -0.25) is 14.4 Å². The predicted molar refractivity (Wildman–Crippen MR) is 70.3 cm³/mol. The molecule has 8 nitrogen and oxygen atoms in total. The first kappa shape index (κ1) is 14.9. The second kappa shape index (κ2) is 6.33. The topological polar surface area (TPSA) is 131 Å². The summed E-state index contributed by atoms with van der Waals surface area (Å²) in [5.41, 5.74) is 6.55. The lowest BCUT2D eigenvalue weighted by Crippen LogP contribution is -2.63. The Morgan fingerprint density at radius 2 is 1.90 bits per heavy atom. The van der Waals surface area contributed by atoms with Gasteiger partial charge in [-0.1, -0.05) is 30.3 Å². The minimum atomic E-state index is -1.65. The number of nitrogens with two attached hydrogens (primary N) is 1. The number of esters is 1. The number of hydrogen-bond donors (Lipinski definition) is 4.